The molecule has 3 rings (SSSR count). The molecule has 1 N–H and O–H groups in total. The van der Waals surface area contributed by atoms with Crippen molar-refractivity contribution in [3.8, 4) is 0 Å². The Hall–Kier alpha value is -3.20. The second kappa shape index (κ2) is 6.60. The zero-order valence-corrected chi connectivity index (χ0v) is 14.9. The molecular weight excluding hydrogens is 356 g/mol. The molecule has 134 valence electrons. The lowest BCUT2D eigenvalue weighted by Crippen LogP contribution is -2.18. The fourth-order valence-corrected chi connectivity index (χ4v) is 3.52. The van der Waals surface area contributed by atoms with Gasteiger partial charge in [0.2, 0.25) is 0 Å². The Morgan fingerprint density at radius 1 is 1.19 bits per heavy atom. The van der Waals surface area contributed by atoms with Crippen molar-refractivity contribution in [2.75, 3.05) is 0 Å². The van der Waals surface area contributed by atoms with Gasteiger partial charge in [-0.05, 0) is 19.1 Å². The van der Waals surface area contributed by atoms with Crippen LogP contribution in [0.1, 0.15) is 11.3 Å². The number of aryl methyl sites for hydroxylation is 1. The summed E-state index contributed by atoms with van der Waals surface area (Å²) in [5.41, 5.74) is 2.43. The summed E-state index contributed by atoms with van der Waals surface area (Å²) in [6, 6.07) is 12.5. The molecule has 0 aliphatic heterocycles. The lowest BCUT2D eigenvalue weighted by Gasteiger charge is -2.03. The number of benzene rings is 2. The third kappa shape index (κ3) is 3.16. The highest BCUT2D eigenvalue weighted by Crippen LogP contribution is 2.23. The molecule has 0 fully saturated rings. The van der Waals surface area contributed by atoms with Gasteiger partial charge in [-0.2, -0.15) is 13.5 Å². The average molecular weight is 372 g/mol. The van der Waals surface area contributed by atoms with Crippen LogP contribution in [0, 0.1) is 17.0 Å². The number of hydrogen-bond acceptors (Lipinski definition) is 5. The van der Waals surface area contributed by atoms with Crippen LogP contribution in [0.15, 0.2) is 58.5 Å². The molecule has 0 unspecified atom stereocenters. The molecule has 0 saturated carbocycles. The van der Waals surface area contributed by atoms with Crippen molar-refractivity contribution in [3.05, 3.63) is 69.9 Å². The highest BCUT2D eigenvalue weighted by atomic mass is 32.2. The van der Waals surface area contributed by atoms with Gasteiger partial charge in [0.05, 0.1) is 16.0 Å². The molecule has 0 aliphatic rings. The number of nitro benzene ring substituents is 1. The molecule has 1 aromatic heterocycles. The number of sulfonamides is 1. The summed E-state index contributed by atoms with van der Waals surface area (Å²) in [7, 11) is -2.09. The van der Waals surface area contributed by atoms with Crippen molar-refractivity contribution in [1.82, 2.24) is 9.40 Å². The van der Waals surface area contributed by atoms with Crippen molar-refractivity contribution < 1.29 is 13.3 Å². The average Bonchev–Trinajstić information content (AvgIpc) is 2.87. The Kier molecular flexibility index (Phi) is 4.47. The van der Waals surface area contributed by atoms with Crippen LogP contribution in [0.4, 0.5) is 5.69 Å². The maximum atomic E-state index is 12.3. The van der Waals surface area contributed by atoms with E-state index >= 15 is 0 Å². The van der Waals surface area contributed by atoms with Crippen LogP contribution in [0.25, 0.3) is 10.9 Å². The SMILES string of the molecule is Cc1c(/C=N/NS(=O)(=O)c2cccc([N+](=O)[O-])c2)c2ccccc2n1C. The van der Waals surface area contributed by atoms with Crippen LogP contribution < -0.4 is 4.83 Å². The molecule has 3 aromatic rings. The van der Waals surface area contributed by atoms with Gasteiger partial charge in [-0.3, -0.25) is 10.1 Å². The first-order chi connectivity index (χ1) is 12.3. The van der Waals surface area contributed by atoms with Gasteiger partial charge >= 0.3 is 0 Å². The first-order valence-corrected chi connectivity index (χ1v) is 9.13. The van der Waals surface area contributed by atoms with Gasteiger partial charge < -0.3 is 4.57 Å². The Morgan fingerprint density at radius 3 is 2.65 bits per heavy atom. The van der Waals surface area contributed by atoms with E-state index in [2.05, 4.69) is 9.93 Å². The standard InChI is InChI=1S/C17H16N4O4S/c1-12-16(15-8-3-4-9-17(15)20(12)2)11-18-19-26(24,25)14-7-5-6-13(10-14)21(22)23/h3-11,19H,1-2H3/b18-11+. The number of fused-ring (bicyclic) bond motifs is 1. The summed E-state index contributed by atoms with van der Waals surface area (Å²) in [4.78, 5) is 12.0. The van der Waals surface area contributed by atoms with E-state index in [0.29, 0.717) is 0 Å². The van der Waals surface area contributed by atoms with Crippen LogP contribution in [0.3, 0.4) is 0 Å². The predicted molar refractivity (Wildman–Crippen MR) is 98.7 cm³/mol. The minimum atomic E-state index is -4.00. The molecule has 0 spiro atoms. The molecule has 2 aromatic carbocycles. The van der Waals surface area contributed by atoms with E-state index in [4.69, 9.17) is 0 Å². The molecule has 0 bridgehead atoms. The third-order valence-electron chi connectivity index (χ3n) is 4.15. The molecule has 0 atom stereocenters. The summed E-state index contributed by atoms with van der Waals surface area (Å²) in [6.45, 7) is 1.91. The molecule has 8 nitrogen and oxygen atoms in total. The highest BCUT2D eigenvalue weighted by molar-refractivity contribution is 7.89. The van der Waals surface area contributed by atoms with Gasteiger partial charge in [0.1, 0.15) is 0 Å². The minimum Gasteiger partial charge on any atom is -0.347 e. The molecule has 26 heavy (non-hydrogen) atoms. The van der Waals surface area contributed by atoms with Crippen LogP contribution in [-0.2, 0) is 17.1 Å². The van der Waals surface area contributed by atoms with E-state index in [9.17, 15) is 18.5 Å². The van der Waals surface area contributed by atoms with Gasteiger partial charge in [-0.1, -0.05) is 24.3 Å². The van der Waals surface area contributed by atoms with Crippen LogP contribution in [0.5, 0.6) is 0 Å². The van der Waals surface area contributed by atoms with Gasteiger partial charge in [0.25, 0.3) is 15.7 Å². The van der Waals surface area contributed by atoms with Gasteiger partial charge in [0, 0.05) is 41.3 Å². The Balaban J connectivity index is 1.90. The van der Waals surface area contributed by atoms with Crippen LogP contribution in [0.2, 0.25) is 0 Å². The fourth-order valence-electron chi connectivity index (χ4n) is 2.69. The molecule has 1 heterocycles. The van der Waals surface area contributed by atoms with Crippen molar-refractivity contribution in [2.45, 2.75) is 11.8 Å². The lowest BCUT2D eigenvalue weighted by atomic mass is 10.1. The summed E-state index contributed by atoms with van der Waals surface area (Å²) in [6.07, 6.45) is 1.44. The quantitative estimate of drug-likeness (QED) is 0.422. The van der Waals surface area contributed by atoms with Gasteiger partial charge in [-0.25, -0.2) is 4.83 Å². The Bertz CT molecular complexity index is 1130. The molecule has 9 heteroatoms. The van der Waals surface area contributed by atoms with E-state index in [1.165, 1.54) is 24.4 Å². The first kappa shape index (κ1) is 17.6. The number of rotatable bonds is 5. The second-order valence-corrected chi connectivity index (χ2v) is 7.34. The van der Waals surface area contributed by atoms with Crippen LogP contribution >= 0.6 is 0 Å². The molecular formula is C17H16N4O4S. The van der Waals surface area contributed by atoms with Crippen LogP contribution in [-0.4, -0.2) is 24.1 Å². The monoisotopic (exact) mass is 372 g/mol. The smallest absolute Gasteiger partial charge is 0.276 e. The van der Waals surface area contributed by atoms with E-state index in [1.54, 1.807) is 0 Å². The number of nitrogens with zero attached hydrogens (tertiary/aromatic N) is 3. The third-order valence-corrected chi connectivity index (χ3v) is 5.37. The molecule has 0 saturated heterocycles. The summed E-state index contributed by atoms with van der Waals surface area (Å²) in [5, 5.41) is 15.6. The largest absolute Gasteiger partial charge is 0.347 e. The predicted octanol–water partition coefficient (Wildman–Crippen LogP) is 2.71. The van der Waals surface area contributed by atoms with Crippen molar-refractivity contribution in [3.63, 3.8) is 0 Å². The summed E-state index contributed by atoms with van der Waals surface area (Å²) < 4.78 is 26.6. The number of nitrogens with one attached hydrogen (secondary N) is 1. The maximum Gasteiger partial charge on any atom is 0.276 e. The lowest BCUT2D eigenvalue weighted by molar-refractivity contribution is -0.385. The topological polar surface area (TPSA) is 107 Å². The normalized spacial score (nSPS) is 11.9. The minimum absolute atomic E-state index is 0.224. The van der Waals surface area contributed by atoms with Gasteiger partial charge in [-0.15, -0.1) is 0 Å². The maximum absolute atomic E-state index is 12.3. The zero-order chi connectivity index (χ0) is 18.9. The Labute approximate surface area is 150 Å². The second-order valence-electron chi connectivity index (χ2n) is 5.68. The summed E-state index contributed by atoms with van der Waals surface area (Å²) >= 11 is 0. The first-order valence-electron chi connectivity index (χ1n) is 7.64. The van der Waals surface area contributed by atoms with E-state index < -0.39 is 14.9 Å². The van der Waals surface area contributed by atoms with Crippen molar-refractivity contribution >= 4 is 32.8 Å². The van der Waals surface area contributed by atoms with Crippen molar-refractivity contribution in [1.29, 1.82) is 0 Å². The number of para-hydroxylation sites is 1. The zero-order valence-electron chi connectivity index (χ0n) is 14.1. The van der Waals surface area contributed by atoms with E-state index in [0.717, 1.165) is 28.2 Å². The van der Waals surface area contributed by atoms with E-state index in [-0.39, 0.29) is 10.6 Å². The molecule has 0 aliphatic carbocycles. The fraction of sp³-hybridized carbons (Fsp3) is 0.118. The number of aromatic nitrogens is 1. The highest BCUT2D eigenvalue weighted by Gasteiger charge is 2.17. The molecule has 0 radical (unpaired) electrons. The number of hydrogen-bond donors (Lipinski definition) is 1. The van der Waals surface area contributed by atoms with Gasteiger partial charge in [0.15, 0.2) is 0 Å². The number of non-ortho nitro benzene ring substituents is 1. The number of nitro groups is 1. The Morgan fingerprint density at radius 2 is 1.92 bits per heavy atom. The number of hydrazone groups is 1. The van der Waals surface area contributed by atoms with E-state index in [1.807, 2.05) is 42.8 Å². The van der Waals surface area contributed by atoms with Crippen molar-refractivity contribution in [2.24, 2.45) is 12.1 Å². The summed E-state index contributed by atoms with van der Waals surface area (Å²) in [5.74, 6) is 0. The molecule has 0 amide bonds.